The predicted molar refractivity (Wildman–Crippen MR) is 250 cm³/mol. The highest BCUT2D eigenvalue weighted by Gasteiger charge is 2.30. The van der Waals surface area contributed by atoms with Crippen molar-refractivity contribution >= 4 is 33.0 Å². The molecule has 0 bridgehead atoms. The van der Waals surface area contributed by atoms with E-state index in [9.17, 15) is 31.2 Å². The third-order valence-electron chi connectivity index (χ3n) is 10.5. The number of carbonyl (C=O) groups excluding carboxylic acids is 2. The SMILES string of the molecule is CCN(CC)c1ccc(NC(=O)c2cccc(CCCOCCOCCOCCOCCCS(=O)(=O)c3ccc(C)cc3)c2)c(-c2cc(C(=O)NCc3cccc(C(F)(F)F)c3)ccn2)c1. The average Bonchev–Trinajstić information content (AvgIpc) is 3.31. The van der Waals surface area contributed by atoms with Crippen LogP contribution in [0.2, 0.25) is 0 Å². The van der Waals surface area contributed by atoms with E-state index in [1.807, 2.05) is 57.2 Å². The molecule has 0 saturated heterocycles. The molecule has 2 N–H and O–H groups in total. The van der Waals surface area contributed by atoms with Gasteiger partial charge in [-0.15, -0.1) is 0 Å². The Hall–Kier alpha value is -5.65. The number of amides is 2. The Balaban J connectivity index is 1.03. The third kappa shape index (κ3) is 16.3. The first-order valence-corrected chi connectivity index (χ1v) is 23.7. The van der Waals surface area contributed by atoms with Crippen LogP contribution in [-0.4, -0.2) is 96.9 Å². The summed E-state index contributed by atoms with van der Waals surface area (Å²) in [5, 5.41) is 5.74. The first-order chi connectivity index (χ1) is 31.8. The normalized spacial score (nSPS) is 11.7. The van der Waals surface area contributed by atoms with Gasteiger partial charge in [0, 0.05) is 61.4 Å². The second kappa shape index (κ2) is 25.9. The van der Waals surface area contributed by atoms with Gasteiger partial charge in [0.15, 0.2) is 9.84 Å². The maximum absolute atomic E-state index is 13.7. The fourth-order valence-electron chi connectivity index (χ4n) is 6.92. The largest absolute Gasteiger partial charge is 0.416 e. The second-order valence-corrected chi connectivity index (χ2v) is 17.5. The van der Waals surface area contributed by atoms with Crippen molar-refractivity contribution in [2.75, 3.05) is 81.9 Å². The Morgan fingerprint density at radius 3 is 1.97 bits per heavy atom. The molecule has 0 atom stereocenters. The summed E-state index contributed by atoms with van der Waals surface area (Å²) in [4.78, 5) is 34.0. The van der Waals surface area contributed by atoms with Gasteiger partial charge in [0.25, 0.3) is 11.8 Å². The molecule has 5 aromatic rings. The molecule has 354 valence electrons. The zero-order chi connectivity index (χ0) is 47.4. The van der Waals surface area contributed by atoms with E-state index in [2.05, 4.69) is 20.5 Å². The summed E-state index contributed by atoms with van der Waals surface area (Å²) in [5.41, 5.74) is 4.63. The number of alkyl halides is 3. The van der Waals surface area contributed by atoms with E-state index in [-0.39, 0.29) is 23.8 Å². The quantitative estimate of drug-likeness (QED) is 0.0490. The lowest BCUT2D eigenvalue weighted by Crippen LogP contribution is -2.23. The number of carbonyl (C=O) groups is 2. The van der Waals surface area contributed by atoms with E-state index in [0.717, 1.165) is 48.5 Å². The van der Waals surface area contributed by atoms with Crippen LogP contribution in [0.4, 0.5) is 24.5 Å². The molecule has 0 aliphatic heterocycles. The summed E-state index contributed by atoms with van der Waals surface area (Å²) in [6, 6.07) is 27.8. The van der Waals surface area contributed by atoms with E-state index in [1.54, 1.807) is 36.4 Å². The van der Waals surface area contributed by atoms with Gasteiger partial charge >= 0.3 is 6.18 Å². The van der Waals surface area contributed by atoms with E-state index in [4.69, 9.17) is 18.9 Å². The van der Waals surface area contributed by atoms with Gasteiger partial charge in [-0.05, 0) is 118 Å². The van der Waals surface area contributed by atoms with Crippen molar-refractivity contribution in [1.29, 1.82) is 0 Å². The lowest BCUT2D eigenvalue weighted by molar-refractivity contribution is -0.137. The molecule has 0 fully saturated rings. The minimum atomic E-state index is -4.50. The highest BCUT2D eigenvalue weighted by Crippen LogP contribution is 2.33. The van der Waals surface area contributed by atoms with Crippen LogP contribution >= 0.6 is 0 Å². The number of nitrogens with zero attached hydrogens (tertiary/aromatic N) is 2. The van der Waals surface area contributed by atoms with Crippen molar-refractivity contribution in [2.45, 2.75) is 57.7 Å². The number of halogens is 3. The van der Waals surface area contributed by atoms with Crippen molar-refractivity contribution in [3.05, 3.63) is 143 Å². The van der Waals surface area contributed by atoms with Crippen molar-refractivity contribution in [2.24, 2.45) is 0 Å². The van der Waals surface area contributed by atoms with Crippen molar-refractivity contribution in [1.82, 2.24) is 10.3 Å². The molecular formula is C50H59F3N4O8S. The molecule has 4 aromatic carbocycles. The first-order valence-electron chi connectivity index (χ1n) is 22.1. The number of sulfone groups is 1. The van der Waals surface area contributed by atoms with Crippen LogP contribution in [0.3, 0.4) is 0 Å². The molecule has 12 nitrogen and oxygen atoms in total. The molecule has 66 heavy (non-hydrogen) atoms. The molecule has 16 heteroatoms. The van der Waals surface area contributed by atoms with E-state index in [0.29, 0.717) is 98.7 Å². The van der Waals surface area contributed by atoms with Gasteiger partial charge in [-0.2, -0.15) is 13.2 Å². The summed E-state index contributed by atoms with van der Waals surface area (Å²) in [6.07, 6.45) is -1.18. The first kappa shape index (κ1) is 51.3. The van der Waals surface area contributed by atoms with Gasteiger partial charge in [0.05, 0.1) is 67.2 Å². The number of nitrogens with one attached hydrogen (secondary N) is 2. The summed E-state index contributed by atoms with van der Waals surface area (Å²) in [7, 11) is -3.32. The Bertz CT molecular complexity index is 2430. The van der Waals surface area contributed by atoms with Gasteiger partial charge in [-0.25, -0.2) is 8.42 Å². The maximum Gasteiger partial charge on any atom is 0.416 e. The van der Waals surface area contributed by atoms with Gasteiger partial charge in [-0.1, -0.05) is 42.0 Å². The molecule has 0 unspecified atom stereocenters. The van der Waals surface area contributed by atoms with Crippen LogP contribution in [0.15, 0.2) is 114 Å². The number of aromatic nitrogens is 1. The molecule has 0 aliphatic rings. The predicted octanol–water partition coefficient (Wildman–Crippen LogP) is 8.97. The van der Waals surface area contributed by atoms with Gasteiger partial charge in [0.2, 0.25) is 0 Å². The summed E-state index contributed by atoms with van der Waals surface area (Å²) in [6.45, 7) is 10.6. The molecular weight excluding hydrogens is 874 g/mol. The maximum atomic E-state index is 13.7. The topological polar surface area (TPSA) is 145 Å². The molecule has 0 radical (unpaired) electrons. The number of benzene rings is 4. The van der Waals surface area contributed by atoms with Gasteiger partial charge in [-0.3, -0.25) is 14.6 Å². The third-order valence-corrected chi connectivity index (χ3v) is 12.3. The number of ether oxygens (including phenoxy) is 4. The van der Waals surface area contributed by atoms with E-state index in [1.165, 1.54) is 24.4 Å². The smallest absolute Gasteiger partial charge is 0.379 e. The monoisotopic (exact) mass is 932 g/mol. The Morgan fingerprint density at radius 2 is 1.30 bits per heavy atom. The van der Waals surface area contributed by atoms with Crippen LogP contribution in [-0.2, 0) is 47.9 Å². The summed E-state index contributed by atoms with van der Waals surface area (Å²) in [5.74, 6) is -0.781. The van der Waals surface area contributed by atoms with Crippen LogP contribution in [0.5, 0.6) is 0 Å². The van der Waals surface area contributed by atoms with Crippen LogP contribution in [0.25, 0.3) is 11.3 Å². The standard InChI is InChI=1S/C50H59F3N4O8S/c1-4-57(5-2)43-17-20-46(45(35-43)47-34-41(21-22-54-47)48(58)55-36-39-11-7-14-42(33-39)50(51,52)53)56-49(59)40-13-6-10-38(32-40)12-8-23-62-25-27-64-29-30-65-28-26-63-24-9-31-66(60,61)44-18-15-37(3)16-19-44/h6-7,10-11,13-22,32-35H,4-5,8-9,12,23-31,36H2,1-3H3,(H,55,58)(H,56,59). The number of hydrogen-bond acceptors (Lipinski definition) is 10. The zero-order valence-electron chi connectivity index (χ0n) is 37.7. The number of aryl methyl sites for hydroxylation is 2. The Morgan fingerprint density at radius 1 is 0.682 bits per heavy atom. The lowest BCUT2D eigenvalue weighted by atomic mass is 10.0. The number of anilines is 2. The fourth-order valence-corrected chi connectivity index (χ4v) is 8.20. The number of rotatable bonds is 27. The number of pyridine rings is 1. The Labute approximate surface area is 385 Å². The minimum Gasteiger partial charge on any atom is -0.379 e. The van der Waals surface area contributed by atoms with Gasteiger partial charge in [0.1, 0.15) is 0 Å². The van der Waals surface area contributed by atoms with Crippen molar-refractivity contribution in [3.63, 3.8) is 0 Å². The highest BCUT2D eigenvalue weighted by molar-refractivity contribution is 7.91. The Kier molecular flexibility index (Phi) is 20.1. The molecule has 1 heterocycles. The van der Waals surface area contributed by atoms with E-state index >= 15 is 0 Å². The average molecular weight is 933 g/mol. The fraction of sp³-hybridized carbons (Fsp3) is 0.380. The van der Waals surface area contributed by atoms with Crippen LogP contribution in [0.1, 0.15) is 69.7 Å². The van der Waals surface area contributed by atoms with Gasteiger partial charge < -0.3 is 34.5 Å². The lowest BCUT2D eigenvalue weighted by Gasteiger charge is -2.23. The van der Waals surface area contributed by atoms with Crippen LogP contribution < -0.4 is 15.5 Å². The minimum absolute atomic E-state index is 0.0299. The summed E-state index contributed by atoms with van der Waals surface area (Å²) < 4.78 is 86.9. The molecule has 5 rings (SSSR count). The second-order valence-electron chi connectivity index (χ2n) is 15.4. The van der Waals surface area contributed by atoms with Crippen molar-refractivity contribution in [3.8, 4) is 11.3 Å². The summed E-state index contributed by atoms with van der Waals surface area (Å²) >= 11 is 0. The molecule has 0 spiro atoms. The van der Waals surface area contributed by atoms with Crippen molar-refractivity contribution < 1.29 is 50.1 Å². The zero-order valence-corrected chi connectivity index (χ0v) is 38.5. The number of hydrogen-bond donors (Lipinski definition) is 2. The van der Waals surface area contributed by atoms with Crippen LogP contribution in [0, 0.1) is 6.92 Å². The highest BCUT2D eigenvalue weighted by atomic mass is 32.2. The molecule has 0 aliphatic carbocycles. The van der Waals surface area contributed by atoms with E-state index < -0.39 is 27.5 Å². The molecule has 1 aromatic heterocycles. The molecule has 2 amide bonds. The molecule has 0 saturated carbocycles.